The molecule has 0 heterocycles. The lowest BCUT2D eigenvalue weighted by atomic mass is 10.1. The molecule has 0 saturated carbocycles. The van der Waals surface area contributed by atoms with E-state index in [1.165, 1.54) is 5.56 Å². The normalized spacial score (nSPS) is 12.3. The van der Waals surface area contributed by atoms with E-state index in [0.29, 0.717) is 18.2 Å². The highest BCUT2D eigenvalue weighted by atomic mass is 16.1. The van der Waals surface area contributed by atoms with Crippen molar-refractivity contribution in [2.24, 2.45) is 0 Å². The highest BCUT2D eigenvalue weighted by Gasteiger charge is 2.16. The van der Waals surface area contributed by atoms with Gasteiger partial charge in [-0.2, -0.15) is 0 Å². The van der Waals surface area contributed by atoms with Gasteiger partial charge in [-0.3, -0.25) is 4.79 Å². The monoisotopic (exact) mass is 353 g/mol. The van der Waals surface area contributed by atoms with Gasteiger partial charge in [-0.1, -0.05) is 30.3 Å². The fourth-order valence-electron chi connectivity index (χ4n) is 3.22. The molecule has 2 aromatic carbocycles. The van der Waals surface area contributed by atoms with Gasteiger partial charge < -0.3 is 15.1 Å². The minimum atomic E-state index is -0.0353. The second-order valence-electron chi connectivity index (χ2n) is 7.03. The smallest absolute Gasteiger partial charge is 0.251 e. The Morgan fingerprint density at radius 3 is 2.12 bits per heavy atom. The van der Waals surface area contributed by atoms with E-state index >= 15 is 0 Å². The first-order valence-corrected chi connectivity index (χ1v) is 9.30. The number of carbonyl (C=O) groups excluding carboxylic acids is 1. The molecule has 1 amide bonds. The summed E-state index contributed by atoms with van der Waals surface area (Å²) in [6.07, 6.45) is 0. The topological polar surface area (TPSA) is 35.6 Å². The van der Waals surface area contributed by atoms with Crippen LogP contribution in [0.5, 0.6) is 0 Å². The summed E-state index contributed by atoms with van der Waals surface area (Å²) < 4.78 is 0. The molecule has 26 heavy (non-hydrogen) atoms. The molecule has 0 radical (unpaired) electrons. The highest BCUT2D eigenvalue weighted by Crippen LogP contribution is 2.19. The van der Waals surface area contributed by atoms with Gasteiger partial charge in [0.1, 0.15) is 0 Å². The van der Waals surface area contributed by atoms with Crippen LogP contribution in [-0.4, -0.2) is 44.0 Å². The van der Waals surface area contributed by atoms with Crippen LogP contribution in [0.25, 0.3) is 0 Å². The molecule has 0 aromatic heterocycles. The fourth-order valence-corrected chi connectivity index (χ4v) is 3.22. The largest absolute Gasteiger partial charge is 0.369 e. The molecule has 140 valence electrons. The van der Waals surface area contributed by atoms with E-state index in [1.807, 2.05) is 56.6 Å². The number of hydrogen-bond acceptors (Lipinski definition) is 3. The van der Waals surface area contributed by atoms with Gasteiger partial charge in [0, 0.05) is 30.4 Å². The lowest BCUT2D eigenvalue weighted by Gasteiger charge is -2.27. The molecule has 0 bridgehead atoms. The molecule has 0 aliphatic heterocycles. The highest BCUT2D eigenvalue weighted by molar-refractivity contribution is 5.94. The van der Waals surface area contributed by atoms with E-state index in [-0.39, 0.29) is 11.9 Å². The van der Waals surface area contributed by atoms with Gasteiger partial charge in [0.05, 0.1) is 6.04 Å². The minimum Gasteiger partial charge on any atom is -0.369 e. The second kappa shape index (κ2) is 9.39. The zero-order valence-electron chi connectivity index (χ0n) is 16.6. The Balaban J connectivity index is 2.03. The van der Waals surface area contributed by atoms with E-state index in [9.17, 15) is 4.79 Å². The van der Waals surface area contributed by atoms with E-state index in [1.54, 1.807) is 0 Å². The summed E-state index contributed by atoms with van der Waals surface area (Å²) in [7, 11) is 4.06. The molecule has 1 unspecified atom stereocenters. The third-order valence-corrected chi connectivity index (χ3v) is 4.69. The number of rotatable bonds is 8. The van der Waals surface area contributed by atoms with Crippen molar-refractivity contribution in [1.82, 2.24) is 10.2 Å². The van der Waals surface area contributed by atoms with Crippen LogP contribution < -0.4 is 10.2 Å². The van der Waals surface area contributed by atoms with Crippen LogP contribution in [-0.2, 0) is 0 Å². The van der Waals surface area contributed by atoms with Crippen molar-refractivity contribution in [1.29, 1.82) is 0 Å². The number of benzene rings is 2. The first-order chi connectivity index (χ1) is 12.4. The Bertz CT molecular complexity index is 680. The summed E-state index contributed by atoms with van der Waals surface area (Å²) in [5, 5.41) is 3.07. The molecule has 1 atom stereocenters. The molecule has 0 fully saturated rings. The SMILES string of the molecule is CCN(c1ccc(C(=O)NCC(c2ccccc2)N(C)C)cc1)C(C)C. The van der Waals surface area contributed by atoms with Gasteiger partial charge in [0.15, 0.2) is 0 Å². The quantitative estimate of drug-likeness (QED) is 0.780. The molecule has 0 aliphatic rings. The summed E-state index contributed by atoms with van der Waals surface area (Å²) >= 11 is 0. The summed E-state index contributed by atoms with van der Waals surface area (Å²) in [5.41, 5.74) is 3.04. The van der Waals surface area contributed by atoms with Crippen LogP contribution in [0, 0.1) is 0 Å². The van der Waals surface area contributed by atoms with Gasteiger partial charge in [-0.05, 0) is 64.7 Å². The number of amides is 1. The van der Waals surface area contributed by atoms with Crippen LogP contribution in [0.2, 0.25) is 0 Å². The maximum Gasteiger partial charge on any atom is 0.251 e. The maximum absolute atomic E-state index is 12.5. The molecule has 2 rings (SSSR count). The van der Waals surface area contributed by atoms with Gasteiger partial charge in [0.2, 0.25) is 0 Å². The van der Waals surface area contributed by atoms with Crippen LogP contribution in [0.3, 0.4) is 0 Å². The van der Waals surface area contributed by atoms with Gasteiger partial charge >= 0.3 is 0 Å². The number of carbonyl (C=O) groups is 1. The van der Waals surface area contributed by atoms with Crippen molar-refractivity contribution >= 4 is 11.6 Å². The number of anilines is 1. The first kappa shape index (κ1) is 20.0. The number of nitrogens with one attached hydrogen (secondary N) is 1. The molecule has 1 N–H and O–H groups in total. The Labute approximate surface area is 157 Å². The van der Waals surface area contributed by atoms with Gasteiger partial charge in [-0.25, -0.2) is 0 Å². The molecule has 2 aromatic rings. The molecule has 0 saturated heterocycles. The third-order valence-electron chi connectivity index (χ3n) is 4.69. The molecule has 4 heteroatoms. The Kier molecular flexibility index (Phi) is 7.22. The third kappa shape index (κ3) is 5.09. The van der Waals surface area contributed by atoms with Crippen molar-refractivity contribution in [2.45, 2.75) is 32.9 Å². The zero-order chi connectivity index (χ0) is 19.1. The van der Waals surface area contributed by atoms with Crippen molar-refractivity contribution in [2.75, 3.05) is 32.1 Å². The summed E-state index contributed by atoms with van der Waals surface area (Å²) in [4.78, 5) is 17.0. The van der Waals surface area contributed by atoms with E-state index in [0.717, 1.165) is 12.2 Å². The fraction of sp³-hybridized carbons (Fsp3) is 0.409. The average molecular weight is 354 g/mol. The average Bonchev–Trinajstić information content (AvgIpc) is 2.63. The van der Waals surface area contributed by atoms with E-state index in [4.69, 9.17) is 0 Å². The van der Waals surface area contributed by atoms with Crippen molar-refractivity contribution < 1.29 is 4.79 Å². The number of nitrogens with zero attached hydrogens (tertiary/aromatic N) is 2. The Morgan fingerprint density at radius 2 is 1.62 bits per heavy atom. The summed E-state index contributed by atoms with van der Waals surface area (Å²) in [6, 6.07) is 18.7. The van der Waals surface area contributed by atoms with Crippen molar-refractivity contribution in [3.63, 3.8) is 0 Å². The lowest BCUT2D eigenvalue weighted by molar-refractivity contribution is 0.0942. The van der Waals surface area contributed by atoms with Crippen LogP contribution in [0.15, 0.2) is 54.6 Å². The van der Waals surface area contributed by atoms with E-state index in [2.05, 4.69) is 48.0 Å². The second-order valence-corrected chi connectivity index (χ2v) is 7.03. The lowest BCUT2D eigenvalue weighted by Crippen LogP contribution is -2.34. The Hall–Kier alpha value is -2.33. The first-order valence-electron chi connectivity index (χ1n) is 9.30. The Morgan fingerprint density at radius 1 is 1.00 bits per heavy atom. The summed E-state index contributed by atoms with van der Waals surface area (Å²) in [5.74, 6) is -0.0353. The predicted octanol–water partition coefficient (Wildman–Crippen LogP) is 3.95. The predicted molar refractivity (Wildman–Crippen MR) is 110 cm³/mol. The van der Waals surface area contributed by atoms with Crippen LogP contribution in [0.1, 0.15) is 42.7 Å². The maximum atomic E-state index is 12.5. The van der Waals surface area contributed by atoms with Crippen LogP contribution >= 0.6 is 0 Å². The van der Waals surface area contributed by atoms with Crippen molar-refractivity contribution in [3.8, 4) is 0 Å². The zero-order valence-corrected chi connectivity index (χ0v) is 16.6. The van der Waals surface area contributed by atoms with Gasteiger partial charge in [-0.15, -0.1) is 0 Å². The molecule has 0 aliphatic carbocycles. The van der Waals surface area contributed by atoms with Crippen molar-refractivity contribution in [3.05, 3.63) is 65.7 Å². The molecular formula is C22H31N3O. The minimum absolute atomic E-state index is 0.0353. The van der Waals surface area contributed by atoms with Gasteiger partial charge in [0.25, 0.3) is 5.91 Å². The molecule has 4 nitrogen and oxygen atoms in total. The van der Waals surface area contributed by atoms with E-state index < -0.39 is 0 Å². The molecular weight excluding hydrogens is 322 g/mol. The summed E-state index contributed by atoms with van der Waals surface area (Å²) in [6.45, 7) is 8.02. The standard InChI is InChI=1S/C22H31N3O/c1-6-25(17(2)3)20-14-12-19(13-15-20)22(26)23-16-21(24(4)5)18-10-8-7-9-11-18/h7-15,17,21H,6,16H2,1-5H3,(H,23,26). The molecule has 0 spiro atoms. The van der Waals surface area contributed by atoms with Crippen LogP contribution in [0.4, 0.5) is 5.69 Å². The number of likely N-dealkylation sites (N-methyl/N-ethyl adjacent to an activating group) is 1. The number of hydrogen-bond donors (Lipinski definition) is 1.